The Morgan fingerprint density at radius 2 is 1.42 bits per heavy atom. The van der Waals surface area contributed by atoms with Crippen molar-refractivity contribution in [2.75, 3.05) is 5.88 Å². The topological polar surface area (TPSA) is 69.4 Å². The van der Waals surface area contributed by atoms with E-state index in [0.29, 0.717) is 12.2 Å². The highest BCUT2D eigenvalue weighted by Gasteiger charge is 2.08. The zero-order chi connectivity index (χ0) is 17.6. The highest BCUT2D eigenvalue weighted by molar-refractivity contribution is 6.17. The molecule has 1 aromatic rings. The van der Waals surface area contributed by atoms with E-state index in [-0.39, 0.29) is 11.7 Å². The number of carbonyl (C=O) groups is 1. The Bertz CT molecular complexity index is 490. The fraction of sp³-hybridized carbons (Fsp3) is 0.611. The molecule has 0 atom stereocenters. The first-order chi connectivity index (χ1) is 11.6. The second-order valence-electron chi connectivity index (χ2n) is 5.85. The van der Waals surface area contributed by atoms with Crippen LogP contribution in [0.4, 0.5) is 5.69 Å². The van der Waals surface area contributed by atoms with Crippen molar-refractivity contribution in [1.29, 1.82) is 0 Å². The standard InChI is InChI=1S/C18H26ClNO4/c19-15-9-7-5-3-1-2-4-6-8-10-18(21)24-17-13-11-16(12-14-17)20(22)23/h11-14H,1-10,15H2. The summed E-state index contributed by atoms with van der Waals surface area (Å²) in [7, 11) is 0. The number of nitrogens with zero attached hydrogens (tertiary/aromatic N) is 1. The summed E-state index contributed by atoms with van der Waals surface area (Å²) in [6, 6.07) is 5.55. The number of benzene rings is 1. The number of halogens is 1. The van der Waals surface area contributed by atoms with Crippen molar-refractivity contribution in [3.8, 4) is 5.75 Å². The van der Waals surface area contributed by atoms with Gasteiger partial charge >= 0.3 is 5.97 Å². The molecular formula is C18H26ClNO4. The molecule has 1 rings (SSSR count). The zero-order valence-corrected chi connectivity index (χ0v) is 14.8. The van der Waals surface area contributed by atoms with Gasteiger partial charge in [0.1, 0.15) is 5.75 Å². The van der Waals surface area contributed by atoms with E-state index in [1.54, 1.807) is 0 Å². The highest BCUT2D eigenvalue weighted by Crippen LogP contribution is 2.18. The Hall–Kier alpha value is -1.62. The van der Waals surface area contributed by atoms with E-state index in [1.165, 1.54) is 56.4 Å². The molecule has 0 fully saturated rings. The maximum Gasteiger partial charge on any atom is 0.311 e. The second kappa shape index (κ2) is 12.8. The lowest BCUT2D eigenvalue weighted by Gasteiger charge is -2.04. The molecule has 0 spiro atoms. The van der Waals surface area contributed by atoms with Crippen molar-refractivity contribution >= 4 is 23.3 Å². The monoisotopic (exact) mass is 355 g/mol. The average Bonchev–Trinajstić information content (AvgIpc) is 2.57. The van der Waals surface area contributed by atoms with Crippen LogP contribution in [0.5, 0.6) is 5.75 Å². The van der Waals surface area contributed by atoms with Gasteiger partial charge in [-0.2, -0.15) is 0 Å². The van der Waals surface area contributed by atoms with Gasteiger partial charge in [-0.3, -0.25) is 14.9 Å². The third kappa shape index (κ3) is 9.50. The molecule has 5 nitrogen and oxygen atoms in total. The molecule has 0 aliphatic heterocycles. The van der Waals surface area contributed by atoms with Crippen LogP contribution in [0.25, 0.3) is 0 Å². The summed E-state index contributed by atoms with van der Waals surface area (Å²) in [6.45, 7) is 0. The van der Waals surface area contributed by atoms with Crippen LogP contribution in [-0.4, -0.2) is 16.8 Å². The largest absolute Gasteiger partial charge is 0.427 e. The van der Waals surface area contributed by atoms with Gasteiger partial charge in [0.25, 0.3) is 5.69 Å². The molecule has 0 saturated carbocycles. The Balaban J connectivity index is 2.03. The third-order valence-electron chi connectivity index (χ3n) is 3.79. The Morgan fingerprint density at radius 3 is 1.92 bits per heavy atom. The van der Waals surface area contributed by atoms with Gasteiger partial charge in [-0.1, -0.05) is 44.9 Å². The summed E-state index contributed by atoms with van der Waals surface area (Å²) < 4.78 is 5.16. The minimum absolute atomic E-state index is 0.0162. The minimum Gasteiger partial charge on any atom is -0.427 e. The number of hydrogen-bond donors (Lipinski definition) is 0. The van der Waals surface area contributed by atoms with Crippen molar-refractivity contribution in [3.63, 3.8) is 0 Å². The SMILES string of the molecule is O=C(CCCCCCCCCCCCl)Oc1ccc([N+](=O)[O-])cc1. The summed E-state index contributed by atoms with van der Waals surface area (Å²) in [5.74, 6) is 0.822. The normalized spacial score (nSPS) is 10.5. The van der Waals surface area contributed by atoms with Gasteiger partial charge in [-0.25, -0.2) is 0 Å². The number of carbonyl (C=O) groups excluding carboxylic acids is 1. The first kappa shape index (κ1) is 20.4. The predicted octanol–water partition coefficient (Wildman–Crippen LogP) is 5.64. The molecule has 6 heteroatoms. The van der Waals surface area contributed by atoms with Crippen LogP contribution >= 0.6 is 11.6 Å². The first-order valence-electron chi connectivity index (χ1n) is 8.64. The molecule has 0 aromatic heterocycles. The van der Waals surface area contributed by atoms with E-state index in [4.69, 9.17) is 16.3 Å². The van der Waals surface area contributed by atoms with E-state index in [1.807, 2.05) is 0 Å². The Labute approximate surface area is 148 Å². The molecule has 134 valence electrons. The van der Waals surface area contributed by atoms with Gasteiger partial charge in [0.15, 0.2) is 0 Å². The molecule has 0 aliphatic carbocycles. The molecule has 0 aliphatic rings. The van der Waals surface area contributed by atoms with Gasteiger partial charge in [0.05, 0.1) is 4.92 Å². The fourth-order valence-electron chi connectivity index (χ4n) is 2.42. The van der Waals surface area contributed by atoms with E-state index in [2.05, 4.69) is 0 Å². The first-order valence-corrected chi connectivity index (χ1v) is 9.18. The van der Waals surface area contributed by atoms with Crippen molar-refractivity contribution in [1.82, 2.24) is 0 Å². The van der Waals surface area contributed by atoms with Crippen LogP contribution < -0.4 is 4.74 Å². The van der Waals surface area contributed by atoms with Crippen molar-refractivity contribution < 1.29 is 14.5 Å². The lowest BCUT2D eigenvalue weighted by atomic mass is 10.1. The number of ether oxygens (including phenoxy) is 1. The average molecular weight is 356 g/mol. The summed E-state index contributed by atoms with van der Waals surface area (Å²) in [5.41, 5.74) is -0.0162. The van der Waals surface area contributed by atoms with Gasteiger partial charge in [0.2, 0.25) is 0 Å². The van der Waals surface area contributed by atoms with Crippen LogP contribution in [-0.2, 0) is 4.79 Å². The maximum atomic E-state index is 11.7. The summed E-state index contributed by atoms with van der Waals surface area (Å²) in [5, 5.41) is 10.5. The van der Waals surface area contributed by atoms with Crippen LogP contribution in [0.2, 0.25) is 0 Å². The van der Waals surface area contributed by atoms with E-state index < -0.39 is 4.92 Å². The van der Waals surface area contributed by atoms with Crippen LogP contribution in [0.1, 0.15) is 64.2 Å². The van der Waals surface area contributed by atoms with E-state index >= 15 is 0 Å². The van der Waals surface area contributed by atoms with Crippen LogP contribution in [0, 0.1) is 10.1 Å². The molecule has 0 heterocycles. The molecule has 0 bridgehead atoms. The molecule has 0 unspecified atom stereocenters. The number of nitro groups is 1. The quantitative estimate of drug-likeness (QED) is 0.115. The number of non-ortho nitro benzene ring substituents is 1. The number of nitro benzene ring substituents is 1. The smallest absolute Gasteiger partial charge is 0.311 e. The zero-order valence-electron chi connectivity index (χ0n) is 14.0. The van der Waals surface area contributed by atoms with Gasteiger partial charge in [-0.15, -0.1) is 11.6 Å². The minimum atomic E-state index is -0.483. The number of alkyl halides is 1. The van der Waals surface area contributed by atoms with Gasteiger partial charge in [0, 0.05) is 24.4 Å². The highest BCUT2D eigenvalue weighted by atomic mass is 35.5. The second-order valence-corrected chi connectivity index (χ2v) is 6.22. The molecule has 0 radical (unpaired) electrons. The number of esters is 1. The number of rotatable bonds is 13. The van der Waals surface area contributed by atoms with Crippen LogP contribution in [0.15, 0.2) is 24.3 Å². The molecule has 0 amide bonds. The maximum absolute atomic E-state index is 11.7. The molecule has 0 saturated heterocycles. The molecule has 1 aromatic carbocycles. The van der Waals surface area contributed by atoms with Crippen LogP contribution in [0.3, 0.4) is 0 Å². The van der Waals surface area contributed by atoms with Gasteiger partial charge < -0.3 is 4.74 Å². The molecule has 24 heavy (non-hydrogen) atoms. The van der Waals surface area contributed by atoms with Crippen molar-refractivity contribution in [2.45, 2.75) is 64.2 Å². The lowest BCUT2D eigenvalue weighted by molar-refractivity contribution is -0.384. The predicted molar refractivity (Wildman–Crippen MR) is 95.6 cm³/mol. The molecule has 0 N–H and O–H groups in total. The van der Waals surface area contributed by atoms with Crippen molar-refractivity contribution in [3.05, 3.63) is 34.4 Å². The fourth-order valence-corrected chi connectivity index (χ4v) is 2.61. The summed E-state index contributed by atoms with van der Waals surface area (Å²) in [6.07, 6.45) is 10.7. The summed E-state index contributed by atoms with van der Waals surface area (Å²) in [4.78, 5) is 21.8. The van der Waals surface area contributed by atoms with Gasteiger partial charge in [-0.05, 0) is 25.0 Å². The number of unbranched alkanes of at least 4 members (excludes halogenated alkanes) is 8. The molecular weight excluding hydrogens is 330 g/mol. The van der Waals surface area contributed by atoms with E-state index in [0.717, 1.165) is 31.6 Å². The van der Waals surface area contributed by atoms with Crippen molar-refractivity contribution in [2.24, 2.45) is 0 Å². The number of hydrogen-bond acceptors (Lipinski definition) is 4. The summed E-state index contributed by atoms with van der Waals surface area (Å²) >= 11 is 5.63. The lowest BCUT2D eigenvalue weighted by Crippen LogP contribution is -2.07. The third-order valence-corrected chi connectivity index (χ3v) is 4.06. The van der Waals surface area contributed by atoms with E-state index in [9.17, 15) is 14.9 Å². The Kier molecular flexibility index (Phi) is 10.9. The Morgan fingerprint density at radius 1 is 0.917 bits per heavy atom.